The number of rotatable bonds is 6. The first kappa shape index (κ1) is 11.9. The van der Waals surface area contributed by atoms with Crippen LogP contribution in [0, 0.1) is 0 Å². The highest BCUT2D eigenvalue weighted by Gasteiger charge is 1.89. The summed E-state index contributed by atoms with van der Waals surface area (Å²) in [7, 11) is 0. The van der Waals surface area contributed by atoms with Crippen molar-refractivity contribution in [3.8, 4) is 0 Å². The Morgan fingerprint density at radius 2 is 2.20 bits per heavy atom. The van der Waals surface area contributed by atoms with Gasteiger partial charge in [0.25, 0.3) is 0 Å². The van der Waals surface area contributed by atoms with E-state index < -0.39 is 0 Å². The summed E-state index contributed by atoms with van der Waals surface area (Å²) < 4.78 is 0. The number of nitrogens with one attached hydrogen (secondary N) is 1. The van der Waals surface area contributed by atoms with E-state index in [4.69, 9.17) is 0 Å². The molecule has 1 N–H and O–H groups in total. The molecule has 0 saturated heterocycles. The van der Waals surface area contributed by atoms with Gasteiger partial charge in [0.15, 0.2) is 0 Å². The van der Waals surface area contributed by atoms with Gasteiger partial charge in [0, 0.05) is 24.4 Å². The Morgan fingerprint density at radius 3 is 2.87 bits per heavy atom. The Balaban J connectivity index is 2.12. The van der Waals surface area contributed by atoms with Gasteiger partial charge in [-0.2, -0.15) is 0 Å². The minimum absolute atomic E-state index is 0.578. The summed E-state index contributed by atoms with van der Waals surface area (Å²) in [6.07, 6.45) is 8.26. The van der Waals surface area contributed by atoms with Crippen LogP contribution in [0.3, 0.4) is 0 Å². The lowest BCUT2D eigenvalue weighted by Gasteiger charge is -2.04. The van der Waals surface area contributed by atoms with Crippen LogP contribution in [0.1, 0.15) is 26.0 Å². The average molecular weight is 204 g/mol. The number of hydrogen-bond acceptors (Lipinski definition) is 2. The first-order chi connectivity index (χ1) is 7.29. The summed E-state index contributed by atoms with van der Waals surface area (Å²) in [6.45, 7) is 5.38. The first-order valence-corrected chi connectivity index (χ1v) is 5.57. The average Bonchev–Trinajstić information content (AvgIpc) is 2.24. The van der Waals surface area contributed by atoms with Crippen LogP contribution < -0.4 is 5.32 Å². The molecule has 0 aliphatic rings. The van der Waals surface area contributed by atoms with E-state index in [9.17, 15) is 0 Å². The standard InChI is InChI=1S/C13H20N2/c1-12(2)14-10-6-3-4-8-13-9-5-7-11-15-13/h3-5,7,9,11-12,14H,6,8,10H2,1-2H3. The van der Waals surface area contributed by atoms with E-state index in [1.807, 2.05) is 18.3 Å². The van der Waals surface area contributed by atoms with Crippen molar-refractivity contribution < 1.29 is 0 Å². The molecule has 1 heterocycles. The first-order valence-electron chi connectivity index (χ1n) is 5.57. The predicted octanol–water partition coefficient (Wildman–Crippen LogP) is 2.57. The van der Waals surface area contributed by atoms with Gasteiger partial charge in [0.1, 0.15) is 0 Å². The number of hydrogen-bond donors (Lipinski definition) is 1. The molecule has 2 nitrogen and oxygen atoms in total. The van der Waals surface area contributed by atoms with Crippen molar-refractivity contribution in [2.24, 2.45) is 0 Å². The Morgan fingerprint density at radius 1 is 1.33 bits per heavy atom. The summed E-state index contributed by atoms with van der Waals surface area (Å²) in [5, 5.41) is 3.38. The van der Waals surface area contributed by atoms with Gasteiger partial charge in [-0.15, -0.1) is 0 Å². The van der Waals surface area contributed by atoms with Gasteiger partial charge in [-0.25, -0.2) is 0 Å². The molecule has 0 unspecified atom stereocenters. The molecule has 0 fully saturated rings. The van der Waals surface area contributed by atoms with E-state index in [0.717, 1.165) is 25.1 Å². The molecule has 1 aromatic rings. The van der Waals surface area contributed by atoms with Crippen molar-refractivity contribution in [1.29, 1.82) is 0 Å². The van der Waals surface area contributed by atoms with Gasteiger partial charge in [-0.1, -0.05) is 32.1 Å². The number of aromatic nitrogens is 1. The molecule has 0 radical (unpaired) electrons. The summed E-state index contributed by atoms with van der Waals surface area (Å²) >= 11 is 0. The second kappa shape index (κ2) is 7.18. The summed E-state index contributed by atoms with van der Waals surface area (Å²) in [4.78, 5) is 4.26. The molecule has 1 rings (SSSR count). The SMILES string of the molecule is CC(C)NCCC=CCc1ccccn1. The third-order valence-electron chi connectivity index (χ3n) is 2.08. The number of nitrogens with zero attached hydrogens (tertiary/aromatic N) is 1. The van der Waals surface area contributed by atoms with Crippen molar-refractivity contribution >= 4 is 0 Å². The Kier molecular flexibility index (Phi) is 5.71. The van der Waals surface area contributed by atoms with Crippen LogP contribution in [0.25, 0.3) is 0 Å². The highest BCUT2D eigenvalue weighted by atomic mass is 14.9. The van der Waals surface area contributed by atoms with E-state index in [0.29, 0.717) is 6.04 Å². The van der Waals surface area contributed by atoms with Gasteiger partial charge in [0.05, 0.1) is 0 Å². The molecule has 0 bridgehead atoms. The maximum atomic E-state index is 4.26. The second-order valence-corrected chi connectivity index (χ2v) is 3.89. The van der Waals surface area contributed by atoms with Crippen LogP contribution in [0.2, 0.25) is 0 Å². The molecular weight excluding hydrogens is 184 g/mol. The number of allylic oxidation sites excluding steroid dienone is 1. The van der Waals surface area contributed by atoms with Crippen molar-refractivity contribution in [2.45, 2.75) is 32.7 Å². The Bertz CT molecular complexity index is 278. The topological polar surface area (TPSA) is 24.9 Å². The minimum Gasteiger partial charge on any atom is -0.314 e. The Hall–Kier alpha value is -1.15. The number of pyridine rings is 1. The lowest BCUT2D eigenvalue weighted by atomic mass is 10.2. The summed E-state index contributed by atoms with van der Waals surface area (Å²) in [5.74, 6) is 0. The van der Waals surface area contributed by atoms with Crippen LogP contribution in [0.4, 0.5) is 0 Å². The normalized spacial score (nSPS) is 11.4. The van der Waals surface area contributed by atoms with E-state index >= 15 is 0 Å². The third-order valence-corrected chi connectivity index (χ3v) is 2.08. The molecule has 82 valence electrons. The quantitative estimate of drug-likeness (QED) is 0.569. The molecule has 0 amide bonds. The zero-order chi connectivity index (χ0) is 10.9. The molecule has 0 aliphatic heterocycles. The van der Waals surface area contributed by atoms with Crippen LogP contribution in [0.5, 0.6) is 0 Å². The van der Waals surface area contributed by atoms with Gasteiger partial charge < -0.3 is 5.32 Å². The fourth-order valence-electron chi connectivity index (χ4n) is 1.30. The molecule has 0 atom stereocenters. The van der Waals surface area contributed by atoms with Gasteiger partial charge >= 0.3 is 0 Å². The highest BCUT2D eigenvalue weighted by molar-refractivity contribution is 5.07. The van der Waals surface area contributed by atoms with Crippen LogP contribution in [-0.2, 0) is 6.42 Å². The van der Waals surface area contributed by atoms with Crippen LogP contribution >= 0.6 is 0 Å². The zero-order valence-electron chi connectivity index (χ0n) is 9.61. The fraction of sp³-hybridized carbons (Fsp3) is 0.462. The van der Waals surface area contributed by atoms with Crippen molar-refractivity contribution in [2.75, 3.05) is 6.54 Å². The van der Waals surface area contributed by atoms with Gasteiger partial charge in [-0.3, -0.25) is 4.98 Å². The molecule has 15 heavy (non-hydrogen) atoms. The zero-order valence-corrected chi connectivity index (χ0v) is 9.61. The lowest BCUT2D eigenvalue weighted by Crippen LogP contribution is -2.23. The van der Waals surface area contributed by atoms with Gasteiger partial charge in [-0.05, 0) is 25.1 Å². The fourth-order valence-corrected chi connectivity index (χ4v) is 1.30. The predicted molar refractivity (Wildman–Crippen MR) is 64.8 cm³/mol. The molecular formula is C13H20N2. The maximum Gasteiger partial charge on any atom is 0.0441 e. The maximum absolute atomic E-state index is 4.26. The second-order valence-electron chi connectivity index (χ2n) is 3.89. The van der Waals surface area contributed by atoms with Crippen molar-refractivity contribution in [3.63, 3.8) is 0 Å². The Labute approximate surface area is 92.4 Å². The smallest absolute Gasteiger partial charge is 0.0441 e. The summed E-state index contributed by atoms with van der Waals surface area (Å²) in [5.41, 5.74) is 1.13. The van der Waals surface area contributed by atoms with Crippen LogP contribution in [0.15, 0.2) is 36.5 Å². The van der Waals surface area contributed by atoms with E-state index in [-0.39, 0.29) is 0 Å². The summed E-state index contributed by atoms with van der Waals surface area (Å²) in [6, 6.07) is 6.60. The molecule has 0 spiro atoms. The van der Waals surface area contributed by atoms with Crippen molar-refractivity contribution in [3.05, 3.63) is 42.2 Å². The van der Waals surface area contributed by atoms with Crippen molar-refractivity contribution in [1.82, 2.24) is 10.3 Å². The van der Waals surface area contributed by atoms with Crippen LogP contribution in [-0.4, -0.2) is 17.6 Å². The largest absolute Gasteiger partial charge is 0.314 e. The van der Waals surface area contributed by atoms with E-state index in [1.165, 1.54) is 0 Å². The monoisotopic (exact) mass is 204 g/mol. The molecule has 1 aromatic heterocycles. The molecule has 0 saturated carbocycles. The van der Waals surface area contributed by atoms with Gasteiger partial charge in [0.2, 0.25) is 0 Å². The molecule has 0 aliphatic carbocycles. The van der Waals surface area contributed by atoms with E-state index in [2.05, 4.69) is 42.4 Å². The molecule has 2 heteroatoms. The lowest BCUT2D eigenvalue weighted by molar-refractivity contribution is 0.594. The third kappa shape index (κ3) is 6.02. The van der Waals surface area contributed by atoms with E-state index in [1.54, 1.807) is 0 Å². The highest BCUT2D eigenvalue weighted by Crippen LogP contribution is 1.96. The molecule has 0 aromatic carbocycles. The minimum atomic E-state index is 0.578.